The van der Waals surface area contributed by atoms with E-state index in [4.69, 9.17) is 0 Å². The summed E-state index contributed by atoms with van der Waals surface area (Å²) in [5.41, 5.74) is -0.264. The molecule has 108 valence electrons. The van der Waals surface area contributed by atoms with Crippen molar-refractivity contribution in [2.75, 3.05) is 26.2 Å². The van der Waals surface area contributed by atoms with E-state index in [-0.39, 0.29) is 17.4 Å². The maximum atomic E-state index is 12.4. The van der Waals surface area contributed by atoms with E-state index in [0.29, 0.717) is 0 Å². The number of carbonyl (C=O) groups is 1. The fraction of sp³-hybridized carbons (Fsp3) is 0.867. The molecule has 1 aliphatic heterocycles. The van der Waals surface area contributed by atoms with Gasteiger partial charge in [-0.15, -0.1) is 0 Å². The number of piperazine rings is 1. The molecule has 1 rings (SSSR count). The lowest BCUT2D eigenvalue weighted by Gasteiger charge is -2.39. The highest BCUT2D eigenvalue weighted by molar-refractivity contribution is 5.82. The van der Waals surface area contributed by atoms with Crippen molar-refractivity contribution in [3.63, 3.8) is 0 Å². The summed E-state index contributed by atoms with van der Waals surface area (Å²) in [6.45, 7) is 11.3. The van der Waals surface area contributed by atoms with Crippen LogP contribution >= 0.6 is 0 Å². The van der Waals surface area contributed by atoms with Crippen molar-refractivity contribution in [3.8, 4) is 6.07 Å². The lowest BCUT2D eigenvalue weighted by molar-refractivity contribution is -0.142. The lowest BCUT2D eigenvalue weighted by atomic mass is 9.88. The standard InChI is InChI=1S/C15H27N3O/c1-5-7-13(12-16)17-8-10-18(11-9-17)14(19)15(3,4)6-2/h13H,5-11H2,1-4H3. The fourth-order valence-corrected chi connectivity index (χ4v) is 2.42. The Morgan fingerprint density at radius 3 is 2.26 bits per heavy atom. The van der Waals surface area contributed by atoms with Crippen molar-refractivity contribution >= 4 is 5.91 Å². The monoisotopic (exact) mass is 265 g/mol. The van der Waals surface area contributed by atoms with Crippen molar-refractivity contribution in [3.05, 3.63) is 0 Å². The molecule has 0 N–H and O–H groups in total. The summed E-state index contributed by atoms with van der Waals surface area (Å²) >= 11 is 0. The van der Waals surface area contributed by atoms with Crippen LogP contribution in [0.4, 0.5) is 0 Å². The molecule has 0 spiro atoms. The summed E-state index contributed by atoms with van der Waals surface area (Å²) in [5, 5.41) is 9.18. The molecule has 4 nitrogen and oxygen atoms in total. The lowest BCUT2D eigenvalue weighted by Crippen LogP contribution is -2.54. The van der Waals surface area contributed by atoms with Gasteiger partial charge >= 0.3 is 0 Å². The van der Waals surface area contributed by atoms with E-state index in [1.54, 1.807) is 0 Å². The quantitative estimate of drug-likeness (QED) is 0.766. The van der Waals surface area contributed by atoms with Crippen molar-refractivity contribution in [1.82, 2.24) is 9.80 Å². The molecular weight excluding hydrogens is 238 g/mol. The van der Waals surface area contributed by atoms with Crippen molar-refractivity contribution in [1.29, 1.82) is 5.26 Å². The van der Waals surface area contributed by atoms with Crippen LogP contribution in [0.15, 0.2) is 0 Å². The highest BCUT2D eigenvalue weighted by atomic mass is 16.2. The second-order valence-electron chi connectivity index (χ2n) is 6.00. The highest BCUT2D eigenvalue weighted by Crippen LogP contribution is 2.24. The normalized spacial score (nSPS) is 19.0. The molecule has 1 amide bonds. The first-order chi connectivity index (χ1) is 8.96. The van der Waals surface area contributed by atoms with E-state index in [0.717, 1.165) is 45.4 Å². The molecule has 0 aromatic heterocycles. The molecule has 0 aliphatic carbocycles. The average Bonchev–Trinajstić information content (AvgIpc) is 2.44. The van der Waals surface area contributed by atoms with E-state index in [1.807, 2.05) is 18.7 Å². The molecule has 1 fully saturated rings. The Kier molecular flexibility index (Phi) is 5.81. The van der Waals surface area contributed by atoms with Crippen LogP contribution in [0.1, 0.15) is 47.0 Å². The first kappa shape index (κ1) is 16.0. The molecule has 0 aromatic carbocycles. The SMILES string of the molecule is CCCC(C#N)N1CCN(C(=O)C(C)(C)CC)CC1. The van der Waals surface area contributed by atoms with Gasteiger partial charge in [0.15, 0.2) is 0 Å². The molecule has 1 aliphatic rings. The Hall–Kier alpha value is -1.08. The largest absolute Gasteiger partial charge is 0.340 e. The van der Waals surface area contributed by atoms with E-state index in [2.05, 4.69) is 24.8 Å². The number of rotatable bonds is 5. The Morgan fingerprint density at radius 1 is 1.26 bits per heavy atom. The topological polar surface area (TPSA) is 47.3 Å². The van der Waals surface area contributed by atoms with Gasteiger partial charge in [0.05, 0.1) is 12.1 Å². The maximum Gasteiger partial charge on any atom is 0.228 e. The molecular formula is C15H27N3O. The number of nitrogens with zero attached hydrogens (tertiary/aromatic N) is 3. The molecule has 0 bridgehead atoms. The third kappa shape index (κ3) is 3.94. The van der Waals surface area contributed by atoms with Gasteiger partial charge in [-0.2, -0.15) is 5.26 Å². The predicted molar refractivity (Wildman–Crippen MR) is 76.5 cm³/mol. The first-order valence-corrected chi connectivity index (χ1v) is 7.39. The molecule has 0 radical (unpaired) electrons. The minimum atomic E-state index is -0.264. The van der Waals surface area contributed by atoms with Crippen molar-refractivity contribution < 1.29 is 4.79 Å². The average molecular weight is 265 g/mol. The van der Waals surface area contributed by atoms with Gasteiger partial charge in [0, 0.05) is 31.6 Å². The van der Waals surface area contributed by atoms with Crippen molar-refractivity contribution in [2.24, 2.45) is 5.41 Å². The second-order valence-corrected chi connectivity index (χ2v) is 6.00. The maximum absolute atomic E-state index is 12.4. The minimum absolute atomic E-state index is 0.0152. The van der Waals surface area contributed by atoms with Gasteiger partial charge in [-0.25, -0.2) is 0 Å². The van der Waals surface area contributed by atoms with Gasteiger partial charge in [0.1, 0.15) is 0 Å². The number of nitriles is 1. The van der Waals surface area contributed by atoms with Gasteiger partial charge in [-0.05, 0) is 12.8 Å². The molecule has 0 saturated carbocycles. The molecule has 1 heterocycles. The van der Waals surface area contributed by atoms with Gasteiger partial charge in [-0.3, -0.25) is 9.69 Å². The minimum Gasteiger partial charge on any atom is -0.340 e. The first-order valence-electron chi connectivity index (χ1n) is 7.39. The Labute approximate surface area is 117 Å². The zero-order chi connectivity index (χ0) is 14.5. The predicted octanol–water partition coefficient (Wildman–Crippen LogP) is 2.26. The zero-order valence-electron chi connectivity index (χ0n) is 12.8. The van der Waals surface area contributed by atoms with Gasteiger partial charge in [0.2, 0.25) is 5.91 Å². The van der Waals surface area contributed by atoms with Crippen LogP contribution in [-0.4, -0.2) is 47.9 Å². The number of hydrogen-bond donors (Lipinski definition) is 0. The summed E-state index contributed by atoms with van der Waals surface area (Å²) in [6, 6.07) is 2.40. The molecule has 4 heteroatoms. The van der Waals surface area contributed by atoms with Crippen LogP contribution in [0.5, 0.6) is 0 Å². The summed E-state index contributed by atoms with van der Waals surface area (Å²) in [7, 11) is 0. The van der Waals surface area contributed by atoms with E-state index in [1.165, 1.54) is 0 Å². The number of hydrogen-bond acceptors (Lipinski definition) is 3. The van der Waals surface area contributed by atoms with Crippen molar-refractivity contribution in [2.45, 2.75) is 53.0 Å². The smallest absolute Gasteiger partial charge is 0.228 e. The van der Waals surface area contributed by atoms with Crippen LogP contribution in [0.3, 0.4) is 0 Å². The summed E-state index contributed by atoms with van der Waals surface area (Å²) in [4.78, 5) is 16.5. The molecule has 1 atom stereocenters. The summed E-state index contributed by atoms with van der Waals surface area (Å²) in [5.74, 6) is 0.249. The van der Waals surface area contributed by atoms with Crippen LogP contribution in [0.25, 0.3) is 0 Å². The summed E-state index contributed by atoms with van der Waals surface area (Å²) < 4.78 is 0. The third-order valence-electron chi connectivity index (χ3n) is 4.22. The molecule has 1 saturated heterocycles. The Morgan fingerprint density at radius 2 is 1.84 bits per heavy atom. The van der Waals surface area contributed by atoms with Gasteiger partial charge in [-0.1, -0.05) is 34.1 Å². The highest BCUT2D eigenvalue weighted by Gasteiger charge is 2.33. The zero-order valence-corrected chi connectivity index (χ0v) is 12.8. The second kappa shape index (κ2) is 6.91. The van der Waals surface area contributed by atoms with E-state index < -0.39 is 0 Å². The Bertz CT molecular complexity index is 338. The van der Waals surface area contributed by atoms with Gasteiger partial charge in [0.25, 0.3) is 0 Å². The molecule has 0 aromatic rings. The Balaban J connectivity index is 2.54. The number of amides is 1. The van der Waals surface area contributed by atoms with Crippen LogP contribution < -0.4 is 0 Å². The molecule has 19 heavy (non-hydrogen) atoms. The van der Waals surface area contributed by atoms with E-state index in [9.17, 15) is 10.1 Å². The fourth-order valence-electron chi connectivity index (χ4n) is 2.42. The summed E-state index contributed by atoms with van der Waals surface area (Å²) in [6.07, 6.45) is 2.81. The van der Waals surface area contributed by atoms with Gasteiger partial charge < -0.3 is 4.90 Å². The van der Waals surface area contributed by atoms with Crippen LogP contribution in [-0.2, 0) is 4.79 Å². The molecule has 1 unspecified atom stereocenters. The van der Waals surface area contributed by atoms with Crippen LogP contribution in [0, 0.1) is 16.7 Å². The number of carbonyl (C=O) groups excluding carboxylic acids is 1. The third-order valence-corrected chi connectivity index (χ3v) is 4.22. The van der Waals surface area contributed by atoms with Crippen LogP contribution in [0.2, 0.25) is 0 Å². The van der Waals surface area contributed by atoms with E-state index >= 15 is 0 Å².